The van der Waals surface area contributed by atoms with Gasteiger partial charge < -0.3 is 14.7 Å². The molecular weight excluding hydrogens is 330 g/mol. The van der Waals surface area contributed by atoms with Gasteiger partial charge in [0.15, 0.2) is 0 Å². The number of para-hydroxylation sites is 1. The minimum absolute atomic E-state index is 0.516. The molecule has 2 aromatic carbocycles. The van der Waals surface area contributed by atoms with Gasteiger partial charge >= 0.3 is 0 Å². The second-order valence-corrected chi connectivity index (χ2v) is 5.96. The number of benzene rings is 2. The molecule has 0 aromatic heterocycles. The molecule has 2 aromatic rings. The highest BCUT2D eigenvalue weighted by Crippen LogP contribution is 2.30. The summed E-state index contributed by atoms with van der Waals surface area (Å²) in [6, 6.07) is 13.9. The van der Waals surface area contributed by atoms with Crippen LogP contribution in [0.3, 0.4) is 0 Å². The van der Waals surface area contributed by atoms with Crippen molar-refractivity contribution in [3.63, 3.8) is 0 Å². The largest absolute Gasteiger partial charge is 0.496 e. The quantitative estimate of drug-likeness (QED) is 0.880. The van der Waals surface area contributed by atoms with Crippen LogP contribution in [-0.4, -0.2) is 19.3 Å². The molecule has 0 radical (unpaired) electrons. The lowest BCUT2D eigenvalue weighted by Gasteiger charge is -2.24. The van der Waals surface area contributed by atoms with Gasteiger partial charge in [0.25, 0.3) is 0 Å². The van der Waals surface area contributed by atoms with E-state index >= 15 is 0 Å². The van der Waals surface area contributed by atoms with Gasteiger partial charge in [0, 0.05) is 34.9 Å². The van der Waals surface area contributed by atoms with Crippen molar-refractivity contribution in [1.82, 2.24) is 0 Å². The van der Waals surface area contributed by atoms with Crippen molar-refractivity contribution in [2.45, 2.75) is 19.6 Å². The van der Waals surface area contributed by atoms with Crippen molar-refractivity contribution >= 4 is 21.6 Å². The van der Waals surface area contributed by atoms with Crippen molar-refractivity contribution < 1.29 is 9.84 Å². The number of hydrogen-bond donors (Lipinski definition) is 1. The van der Waals surface area contributed by atoms with Crippen molar-refractivity contribution in [2.24, 2.45) is 0 Å². The molecule has 0 bridgehead atoms. The number of halogens is 1. The Kier molecular flexibility index (Phi) is 5.26. The first-order valence-corrected chi connectivity index (χ1v) is 7.62. The van der Waals surface area contributed by atoms with E-state index < -0.39 is 6.10 Å². The molecule has 0 spiro atoms. The summed E-state index contributed by atoms with van der Waals surface area (Å²) >= 11 is 3.45. The Morgan fingerprint density at radius 2 is 1.95 bits per heavy atom. The minimum atomic E-state index is -0.516. The zero-order valence-electron chi connectivity index (χ0n) is 12.5. The van der Waals surface area contributed by atoms with Crippen molar-refractivity contribution in [1.29, 1.82) is 0 Å². The van der Waals surface area contributed by atoms with E-state index in [1.165, 1.54) is 0 Å². The van der Waals surface area contributed by atoms with Crippen LogP contribution in [0.25, 0.3) is 0 Å². The van der Waals surface area contributed by atoms with Crippen molar-refractivity contribution in [3.8, 4) is 5.75 Å². The lowest BCUT2D eigenvalue weighted by molar-refractivity contribution is 0.199. The number of rotatable bonds is 5. The highest BCUT2D eigenvalue weighted by Gasteiger charge is 2.14. The Hall–Kier alpha value is -1.52. The van der Waals surface area contributed by atoms with Crippen LogP contribution in [-0.2, 0) is 6.54 Å². The second kappa shape index (κ2) is 6.96. The van der Waals surface area contributed by atoms with Gasteiger partial charge in [0.05, 0.1) is 13.2 Å². The molecule has 1 N–H and O–H groups in total. The van der Waals surface area contributed by atoms with Gasteiger partial charge in [-0.05, 0) is 31.2 Å². The normalized spacial score (nSPS) is 12.0. The molecule has 112 valence electrons. The smallest absolute Gasteiger partial charge is 0.123 e. The topological polar surface area (TPSA) is 32.7 Å². The molecule has 1 unspecified atom stereocenters. The fourth-order valence-electron chi connectivity index (χ4n) is 2.38. The lowest BCUT2D eigenvalue weighted by Crippen LogP contribution is -2.19. The average Bonchev–Trinajstić information content (AvgIpc) is 2.47. The van der Waals surface area contributed by atoms with Crippen molar-refractivity contribution in [2.75, 3.05) is 19.1 Å². The van der Waals surface area contributed by atoms with Crippen molar-refractivity contribution in [3.05, 3.63) is 58.1 Å². The third kappa shape index (κ3) is 3.77. The highest BCUT2D eigenvalue weighted by atomic mass is 79.9. The molecule has 21 heavy (non-hydrogen) atoms. The molecule has 3 nitrogen and oxygen atoms in total. The SMILES string of the molecule is COc1ccccc1CN(C)c1ccc(Br)cc1C(C)O. The van der Waals surface area contributed by atoms with E-state index in [2.05, 4.69) is 26.9 Å². The summed E-state index contributed by atoms with van der Waals surface area (Å²) in [6.45, 7) is 2.49. The van der Waals surface area contributed by atoms with Gasteiger partial charge in [-0.1, -0.05) is 34.1 Å². The predicted molar refractivity (Wildman–Crippen MR) is 89.9 cm³/mol. The van der Waals surface area contributed by atoms with Crippen LogP contribution >= 0.6 is 15.9 Å². The maximum Gasteiger partial charge on any atom is 0.123 e. The summed E-state index contributed by atoms with van der Waals surface area (Å²) in [5, 5.41) is 9.97. The first-order valence-electron chi connectivity index (χ1n) is 6.83. The van der Waals surface area contributed by atoms with E-state index in [9.17, 15) is 5.11 Å². The lowest BCUT2D eigenvalue weighted by atomic mass is 10.1. The molecule has 2 rings (SSSR count). The van der Waals surface area contributed by atoms with E-state index in [1.54, 1.807) is 14.0 Å². The van der Waals surface area contributed by atoms with E-state index in [0.717, 1.165) is 27.0 Å². The Morgan fingerprint density at radius 1 is 1.24 bits per heavy atom. The number of nitrogens with zero attached hydrogens (tertiary/aromatic N) is 1. The molecule has 0 amide bonds. The van der Waals surface area contributed by atoms with Crippen LogP contribution in [0.15, 0.2) is 46.9 Å². The maximum absolute atomic E-state index is 9.97. The number of ether oxygens (including phenoxy) is 1. The number of methoxy groups -OCH3 is 1. The van der Waals surface area contributed by atoms with Crippen LogP contribution < -0.4 is 9.64 Å². The number of aliphatic hydroxyl groups excluding tert-OH is 1. The molecular formula is C17H20BrNO2. The summed E-state index contributed by atoms with van der Waals surface area (Å²) < 4.78 is 6.36. The van der Waals surface area contributed by atoms with Crippen LogP contribution in [0.2, 0.25) is 0 Å². The monoisotopic (exact) mass is 349 g/mol. The van der Waals surface area contributed by atoms with E-state index in [0.29, 0.717) is 6.54 Å². The molecule has 0 saturated heterocycles. The Labute approximate surface area is 134 Å². The van der Waals surface area contributed by atoms with Crippen LogP contribution in [0.5, 0.6) is 5.75 Å². The minimum Gasteiger partial charge on any atom is -0.496 e. The molecule has 0 aliphatic carbocycles. The van der Waals surface area contributed by atoms with E-state index in [1.807, 2.05) is 43.4 Å². The second-order valence-electron chi connectivity index (χ2n) is 5.05. The molecule has 0 heterocycles. The van der Waals surface area contributed by atoms with Gasteiger partial charge in [-0.25, -0.2) is 0 Å². The number of hydrogen-bond acceptors (Lipinski definition) is 3. The van der Waals surface area contributed by atoms with E-state index in [4.69, 9.17) is 4.74 Å². The van der Waals surface area contributed by atoms with Gasteiger partial charge in [-0.3, -0.25) is 0 Å². The summed E-state index contributed by atoms with van der Waals surface area (Å²) in [5.74, 6) is 0.875. The van der Waals surface area contributed by atoms with Gasteiger partial charge in [0.2, 0.25) is 0 Å². The summed E-state index contributed by atoms with van der Waals surface area (Å²) in [6.07, 6.45) is -0.516. The van der Waals surface area contributed by atoms with Crippen LogP contribution in [0, 0.1) is 0 Å². The third-order valence-electron chi connectivity index (χ3n) is 3.45. The molecule has 4 heteroatoms. The maximum atomic E-state index is 9.97. The summed E-state index contributed by atoms with van der Waals surface area (Å²) in [5.41, 5.74) is 3.03. The van der Waals surface area contributed by atoms with Crippen LogP contribution in [0.1, 0.15) is 24.2 Å². The fourth-order valence-corrected chi connectivity index (χ4v) is 2.76. The van der Waals surface area contributed by atoms with Gasteiger partial charge in [-0.15, -0.1) is 0 Å². The Bertz CT molecular complexity index is 613. The summed E-state index contributed by atoms with van der Waals surface area (Å²) in [4.78, 5) is 2.12. The zero-order chi connectivity index (χ0) is 15.4. The van der Waals surface area contributed by atoms with Gasteiger partial charge in [-0.2, -0.15) is 0 Å². The molecule has 0 saturated carbocycles. The molecule has 0 fully saturated rings. The molecule has 0 aliphatic heterocycles. The van der Waals surface area contributed by atoms with Gasteiger partial charge in [0.1, 0.15) is 5.75 Å². The summed E-state index contributed by atoms with van der Waals surface area (Å²) in [7, 11) is 3.70. The predicted octanol–water partition coefficient (Wildman–Crippen LogP) is 4.15. The fraction of sp³-hybridized carbons (Fsp3) is 0.294. The van der Waals surface area contributed by atoms with Crippen LogP contribution in [0.4, 0.5) is 5.69 Å². The highest BCUT2D eigenvalue weighted by molar-refractivity contribution is 9.10. The third-order valence-corrected chi connectivity index (χ3v) is 3.94. The zero-order valence-corrected chi connectivity index (χ0v) is 14.1. The molecule has 0 aliphatic rings. The Balaban J connectivity index is 2.30. The Morgan fingerprint density at radius 3 is 2.62 bits per heavy atom. The first-order chi connectivity index (χ1) is 10.0. The molecule has 1 atom stereocenters. The average molecular weight is 350 g/mol. The number of anilines is 1. The van der Waals surface area contributed by atoms with E-state index in [-0.39, 0.29) is 0 Å². The standard InChI is InChI=1S/C17H20BrNO2/c1-12(20)15-10-14(18)8-9-16(15)19(2)11-13-6-4-5-7-17(13)21-3/h4-10,12,20H,11H2,1-3H3. The first kappa shape index (κ1) is 15.9. The number of aliphatic hydroxyl groups is 1.